The monoisotopic (exact) mass is 229 g/mol. The fraction of sp³-hybridized carbons (Fsp3) is 0.600. The third kappa shape index (κ3) is 4.39. The summed E-state index contributed by atoms with van der Waals surface area (Å²) in [4.78, 5) is 7.11. The number of hydrogen-bond donors (Lipinski definition) is 1. The van der Waals surface area contributed by atoms with E-state index in [1.54, 1.807) is 0 Å². The van der Waals surface area contributed by atoms with E-state index in [4.69, 9.17) is 15.2 Å². The second-order valence-electron chi connectivity index (χ2n) is 3.20. The van der Waals surface area contributed by atoms with Gasteiger partial charge < -0.3 is 15.2 Å². The molecule has 0 bridgehead atoms. The molecule has 16 heavy (non-hydrogen) atoms. The molecule has 1 rings (SSSR count). The molecule has 1 aromatic rings. The lowest BCUT2D eigenvalue weighted by Crippen LogP contribution is -2.10. The van der Waals surface area contributed by atoms with Crippen LogP contribution in [0.1, 0.15) is 19.8 Å². The Balaban J connectivity index is 2.23. The summed E-state index contributed by atoms with van der Waals surface area (Å²) in [7, 11) is 0. The molecule has 1 heterocycles. The number of anilines is 1. The van der Waals surface area contributed by atoms with Crippen molar-refractivity contribution < 1.29 is 13.9 Å². The molecule has 2 N–H and O–H groups in total. The normalized spacial score (nSPS) is 10.4. The Morgan fingerprint density at radius 2 is 2.19 bits per heavy atom. The maximum absolute atomic E-state index is 13.1. The van der Waals surface area contributed by atoms with Crippen molar-refractivity contribution in [3.8, 4) is 5.88 Å². The van der Waals surface area contributed by atoms with Gasteiger partial charge in [0.1, 0.15) is 6.61 Å². The van der Waals surface area contributed by atoms with Gasteiger partial charge in [0, 0.05) is 6.61 Å². The largest absolute Gasteiger partial charge is 0.473 e. The van der Waals surface area contributed by atoms with Gasteiger partial charge in [-0.3, -0.25) is 0 Å². The van der Waals surface area contributed by atoms with Crippen molar-refractivity contribution in [1.82, 2.24) is 9.97 Å². The lowest BCUT2D eigenvalue weighted by Gasteiger charge is -2.06. The highest BCUT2D eigenvalue weighted by Crippen LogP contribution is 2.12. The molecule has 0 saturated heterocycles. The summed E-state index contributed by atoms with van der Waals surface area (Å²) in [5.41, 5.74) is 5.30. The number of nitrogen functional groups attached to an aromatic ring is 1. The van der Waals surface area contributed by atoms with E-state index in [0.29, 0.717) is 13.2 Å². The Morgan fingerprint density at radius 3 is 2.94 bits per heavy atom. The predicted molar refractivity (Wildman–Crippen MR) is 57.6 cm³/mol. The molecule has 0 spiro atoms. The second-order valence-corrected chi connectivity index (χ2v) is 3.20. The number of aromatic nitrogens is 2. The molecule has 0 amide bonds. The first-order chi connectivity index (χ1) is 7.74. The van der Waals surface area contributed by atoms with Gasteiger partial charge in [0.15, 0.2) is 0 Å². The zero-order valence-electron chi connectivity index (χ0n) is 9.28. The van der Waals surface area contributed by atoms with Crippen LogP contribution in [0.5, 0.6) is 5.88 Å². The van der Waals surface area contributed by atoms with Crippen LogP contribution in [0, 0.1) is 5.82 Å². The van der Waals surface area contributed by atoms with Crippen LogP contribution in [0.3, 0.4) is 0 Å². The van der Waals surface area contributed by atoms with Gasteiger partial charge in [0.25, 0.3) is 5.88 Å². The van der Waals surface area contributed by atoms with E-state index in [9.17, 15) is 4.39 Å². The molecule has 0 saturated carbocycles. The SMILES string of the molecule is CCCCOCCOc1nc(N)ncc1F. The van der Waals surface area contributed by atoms with Gasteiger partial charge in [-0.25, -0.2) is 4.98 Å². The number of unbranched alkanes of at least 4 members (excludes halogenated alkanes) is 1. The van der Waals surface area contributed by atoms with E-state index >= 15 is 0 Å². The summed E-state index contributed by atoms with van der Waals surface area (Å²) in [5, 5.41) is 0. The Kier molecular flexibility index (Phi) is 5.49. The first-order valence-corrected chi connectivity index (χ1v) is 5.22. The minimum atomic E-state index is -0.622. The van der Waals surface area contributed by atoms with E-state index in [1.165, 1.54) is 0 Å². The molecule has 0 radical (unpaired) electrons. The summed E-state index contributed by atoms with van der Waals surface area (Å²) < 4.78 is 23.4. The summed E-state index contributed by atoms with van der Waals surface area (Å²) in [5.74, 6) is -0.766. The number of rotatable bonds is 7. The van der Waals surface area contributed by atoms with Gasteiger partial charge in [-0.15, -0.1) is 0 Å². The van der Waals surface area contributed by atoms with Crippen molar-refractivity contribution in [1.29, 1.82) is 0 Å². The summed E-state index contributed by atoms with van der Waals surface area (Å²) >= 11 is 0. The second kappa shape index (κ2) is 6.95. The molecule has 0 aliphatic carbocycles. The van der Waals surface area contributed by atoms with Crippen LogP contribution in [-0.4, -0.2) is 29.8 Å². The highest BCUT2D eigenvalue weighted by molar-refractivity contribution is 5.22. The van der Waals surface area contributed by atoms with Crippen molar-refractivity contribution in [2.24, 2.45) is 0 Å². The van der Waals surface area contributed by atoms with Gasteiger partial charge in [-0.1, -0.05) is 13.3 Å². The molecule has 0 fully saturated rings. The molecule has 6 heteroatoms. The summed E-state index contributed by atoms with van der Waals surface area (Å²) in [6.07, 6.45) is 3.07. The van der Waals surface area contributed by atoms with Gasteiger partial charge in [-0.2, -0.15) is 9.37 Å². The lowest BCUT2D eigenvalue weighted by atomic mass is 10.4. The molecule has 1 aromatic heterocycles. The van der Waals surface area contributed by atoms with Crippen LogP contribution >= 0.6 is 0 Å². The number of ether oxygens (including phenoxy) is 2. The van der Waals surface area contributed by atoms with E-state index in [-0.39, 0.29) is 18.4 Å². The number of halogens is 1. The Hall–Kier alpha value is -1.43. The molecule has 0 aliphatic heterocycles. The summed E-state index contributed by atoms with van der Waals surface area (Å²) in [6.45, 7) is 3.42. The fourth-order valence-electron chi connectivity index (χ4n) is 1.01. The van der Waals surface area contributed by atoms with E-state index in [1.807, 2.05) is 0 Å². The predicted octanol–water partition coefficient (Wildman–Crippen LogP) is 1.39. The minimum Gasteiger partial charge on any atom is -0.473 e. The van der Waals surface area contributed by atoms with Crippen molar-refractivity contribution >= 4 is 5.95 Å². The number of nitrogens with two attached hydrogens (primary N) is 1. The van der Waals surface area contributed by atoms with Crippen LogP contribution in [0.2, 0.25) is 0 Å². The zero-order chi connectivity index (χ0) is 11.8. The van der Waals surface area contributed by atoms with Crippen LogP contribution < -0.4 is 10.5 Å². The topological polar surface area (TPSA) is 70.3 Å². The van der Waals surface area contributed by atoms with Crippen molar-refractivity contribution in [3.63, 3.8) is 0 Å². The first-order valence-electron chi connectivity index (χ1n) is 5.22. The minimum absolute atomic E-state index is 0.0108. The number of nitrogens with zero attached hydrogens (tertiary/aromatic N) is 2. The van der Waals surface area contributed by atoms with Crippen molar-refractivity contribution in [2.45, 2.75) is 19.8 Å². The van der Waals surface area contributed by atoms with E-state index in [2.05, 4.69) is 16.9 Å². The Bertz CT molecular complexity index is 323. The molecule has 0 unspecified atom stereocenters. The molecule has 0 atom stereocenters. The zero-order valence-corrected chi connectivity index (χ0v) is 9.28. The van der Waals surface area contributed by atoms with Crippen LogP contribution in [0.4, 0.5) is 10.3 Å². The highest BCUT2D eigenvalue weighted by Gasteiger charge is 2.05. The van der Waals surface area contributed by atoms with Gasteiger partial charge >= 0.3 is 0 Å². The van der Waals surface area contributed by atoms with E-state index < -0.39 is 5.82 Å². The highest BCUT2D eigenvalue weighted by atomic mass is 19.1. The Labute approximate surface area is 93.8 Å². The van der Waals surface area contributed by atoms with E-state index in [0.717, 1.165) is 19.0 Å². The van der Waals surface area contributed by atoms with Gasteiger partial charge in [0.2, 0.25) is 11.8 Å². The number of hydrogen-bond acceptors (Lipinski definition) is 5. The first kappa shape index (κ1) is 12.6. The maximum Gasteiger partial charge on any atom is 0.255 e. The molecule has 5 nitrogen and oxygen atoms in total. The third-order valence-electron chi connectivity index (χ3n) is 1.84. The van der Waals surface area contributed by atoms with Crippen molar-refractivity contribution in [2.75, 3.05) is 25.6 Å². The molecular weight excluding hydrogens is 213 g/mol. The van der Waals surface area contributed by atoms with Crippen LogP contribution in [-0.2, 0) is 4.74 Å². The average Bonchev–Trinajstić information content (AvgIpc) is 2.28. The third-order valence-corrected chi connectivity index (χ3v) is 1.84. The van der Waals surface area contributed by atoms with Gasteiger partial charge in [0.05, 0.1) is 12.8 Å². The quantitative estimate of drug-likeness (QED) is 0.715. The summed E-state index contributed by atoms with van der Waals surface area (Å²) in [6, 6.07) is 0. The maximum atomic E-state index is 13.1. The van der Waals surface area contributed by atoms with Crippen LogP contribution in [0.25, 0.3) is 0 Å². The standard InChI is InChI=1S/C10H16FN3O2/c1-2-3-4-15-5-6-16-9-8(11)7-13-10(12)14-9/h7H,2-6H2,1H3,(H2,12,13,14). The molecular formula is C10H16FN3O2. The van der Waals surface area contributed by atoms with Crippen molar-refractivity contribution in [3.05, 3.63) is 12.0 Å². The smallest absolute Gasteiger partial charge is 0.255 e. The Morgan fingerprint density at radius 1 is 1.38 bits per heavy atom. The molecule has 90 valence electrons. The molecule has 0 aromatic carbocycles. The van der Waals surface area contributed by atoms with Gasteiger partial charge in [-0.05, 0) is 6.42 Å². The van der Waals surface area contributed by atoms with Crippen LogP contribution in [0.15, 0.2) is 6.20 Å². The average molecular weight is 229 g/mol. The molecule has 0 aliphatic rings. The lowest BCUT2D eigenvalue weighted by molar-refractivity contribution is 0.0949. The fourth-order valence-corrected chi connectivity index (χ4v) is 1.01.